The van der Waals surface area contributed by atoms with E-state index in [0.717, 1.165) is 64.1 Å². The number of nitrogens with one attached hydrogen (secondary N) is 1. The number of hydrogen-bond donors (Lipinski definition) is 3. The zero-order valence-corrected chi connectivity index (χ0v) is 26.0. The van der Waals surface area contributed by atoms with Gasteiger partial charge in [0, 0.05) is 36.6 Å². The van der Waals surface area contributed by atoms with E-state index < -0.39 is 18.2 Å². The van der Waals surface area contributed by atoms with Gasteiger partial charge in [0.2, 0.25) is 11.8 Å². The lowest BCUT2D eigenvalue weighted by Crippen LogP contribution is -2.58. The Labute approximate surface area is 256 Å². The van der Waals surface area contributed by atoms with Gasteiger partial charge in [-0.05, 0) is 72.9 Å². The van der Waals surface area contributed by atoms with Crippen LogP contribution in [0.1, 0.15) is 81.0 Å². The number of carbonyl (C=O) groups excluding carboxylic acids is 3. The van der Waals surface area contributed by atoms with Gasteiger partial charge in [0.1, 0.15) is 18.5 Å². The highest BCUT2D eigenvalue weighted by Gasteiger charge is 2.43. The maximum atomic E-state index is 13.8. The molecule has 10 heteroatoms. The summed E-state index contributed by atoms with van der Waals surface area (Å²) in [6.07, 6.45) is 10.9. The smallest absolute Gasteiger partial charge is 0.247 e. The molecule has 0 radical (unpaired) electrons. The van der Waals surface area contributed by atoms with E-state index in [9.17, 15) is 24.6 Å². The molecule has 2 aliphatic carbocycles. The first-order valence-electron chi connectivity index (χ1n) is 14.5. The summed E-state index contributed by atoms with van der Waals surface area (Å²) in [5.74, 6) is 0.267. The van der Waals surface area contributed by atoms with Crippen LogP contribution in [-0.4, -0.2) is 77.8 Å². The van der Waals surface area contributed by atoms with E-state index in [2.05, 4.69) is 11.9 Å². The maximum absolute atomic E-state index is 13.8. The second-order valence-corrected chi connectivity index (χ2v) is 11.8. The van der Waals surface area contributed by atoms with Crippen LogP contribution in [0, 0.1) is 3.57 Å². The number of amides is 2. The van der Waals surface area contributed by atoms with Gasteiger partial charge in [0.05, 0.1) is 23.3 Å². The summed E-state index contributed by atoms with van der Waals surface area (Å²) >= 11 is 2.04. The van der Waals surface area contributed by atoms with Gasteiger partial charge in [-0.1, -0.05) is 31.8 Å². The highest BCUT2D eigenvalue weighted by atomic mass is 127. The standard InChI is InChI=1S/C31H43IN2O7/c1-3-4-5-10-13-28(37)34(23-11-8-6-7-9-12-23)25-18-22(31(39)33-14-15-35)19-26(29(25)38)41-30-24(32)16-21(20-36)17-27(30)40-2/h3,16-17,19-20,23,25-26,29,35,38H,1,4-15,18H2,2H3,(H,33,39)/t25-,26+,29+/m1/s1. The first kappa shape index (κ1) is 33.1. The molecule has 41 heavy (non-hydrogen) atoms. The van der Waals surface area contributed by atoms with Crippen LogP contribution in [0.15, 0.2) is 36.4 Å². The molecule has 0 spiro atoms. The Hall–Kier alpha value is -2.44. The summed E-state index contributed by atoms with van der Waals surface area (Å²) in [5, 5.41) is 23.8. The number of nitrogens with zero attached hydrogens (tertiary/aromatic N) is 1. The average molecular weight is 683 g/mol. The molecule has 1 fully saturated rings. The van der Waals surface area contributed by atoms with Gasteiger partial charge in [-0.15, -0.1) is 6.58 Å². The van der Waals surface area contributed by atoms with Crippen LogP contribution in [-0.2, 0) is 9.59 Å². The van der Waals surface area contributed by atoms with Crippen LogP contribution in [0.4, 0.5) is 0 Å². The molecule has 0 unspecified atom stereocenters. The normalized spacial score (nSPS) is 21.3. The highest BCUT2D eigenvalue weighted by Crippen LogP contribution is 2.38. The fraction of sp³-hybridized carbons (Fsp3) is 0.581. The highest BCUT2D eigenvalue weighted by molar-refractivity contribution is 14.1. The average Bonchev–Trinajstić information content (AvgIpc) is 3.26. The number of halogens is 1. The molecule has 0 aliphatic heterocycles. The molecule has 3 atom stereocenters. The lowest BCUT2D eigenvalue weighted by molar-refractivity contribution is -0.142. The minimum atomic E-state index is -1.11. The monoisotopic (exact) mass is 682 g/mol. The lowest BCUT2D eigenvalue weighted by atomic mass is 9.86. The predicted molar refractivity (Wildman–Crippen MR) is 165 cm³/mol. The van der Waals surface area contributed by atoms with Gasteiger partial charge < -0.3 is 29.9 Å². The number of aliphatic hydroxyl groups is 2. The number of aldehydes is 1. The van der Waals surface area contributed by atoms with Gasteiger partial charge in [-0.2, -0.15) is 0 Å². The van der Waals surface area contributed by atoms with Crippen molar-refractivity contribution >= 4 is 40.7 Å². The summed E-state index contributed by atoms with van der Waals surface area (Å²) in [6.45, 7) is 3.65. The van der Waals surface area contributed by atoms with Crippen molar-refractivity contribution in [3.05, 3.63) is 45.6 Å². The Morgan fingerprint density at radius 2 is 1.93 bits per heavy atom. The second kappa shape index (κ2) is 16.9. The number of methoxy groups -OCH3 is 1. The second-order valence-electron chi connectivity index (χ2n) is 10.6. The number of hydrogen-bond acceptors (Lipinski definition) is 7. The van der Waals surface area contributed by atoms with Crippen LogP contribution >= 0.6 is 22.6 Å². The van der Waals surface area contributed by atoms with E-state index >= 15 is 0 Å². The number of rotatable bonds is 14. The molecule has 0 saturated heterocycles. The van der Waals surface area contributed by atoms with E-state index in [1.165, 1.54) is 7.11 Å². The summed E-state index contributed by atoms with van der Waals surface area (Å²) in [7, 11) is 1.47. The Morgan fingerprint density at radius 3 is 2.56 bits per heavy atom. The SMILES string of the molecule is C=CCCCCC(=O)N(C1CCCCCC1)[C@@H]1CC(C(=O)NCCO)=C[C@H](Oc2c(I)cc(C=O)cc2OC)[C@H]1O. The number of benzene rings is 1. The van der Waals surface area contributed by atoms with Crippen molar-refractivity contribution < 1.29 is 34.1 Å². The third-order valence-corrected chi connectivity index (χ3v) is 8.57. The minimum absolute atomic E-state index is 0.0247. The van der Waals surface area contributed by atoms with Gasteiger partial charge >= 0.3 is 0 Å². The summed E-state index contributed by atoms with van der Waals surface area (Å²) in [4.78, 5) is 40.2. The molecule has 2 amide bonds. The summed E-state index contributed by atoms with van der Waals surface area (Å²) in [5.41, 5.74) is 0.803. The predicted octanol–water partition coefficient (Wildman–Crippen LogP) is 4.33. The van der Waals surface area contributed by atoms with Crippen molar-refractivity contribution in [3.8, 4) is 11.5 Å². The summed E-state index contributed by atoms with van der Waals surface area (Å²) in [6, 6.07) is 2.50. The molecule has 0 bridgehead atoms. The molecule has 3 N–H and O–H groups in total. The van der Waals surface area contributed by atoms with Crippen LogP contribution in [0.25, 0.3) is 0 Å². The molecule has 3 rings (SSSR count). The molecule has 0 aromatic heterocycles. The first-order chi connectivity index (χ1) is 19.8. The fourth-order valence-electron chi connectivity index (χ4n) is 5.70. The number of allylic oxidation sites excluding steroid dienone is 1. The van der Waals surface area contributed by atoms with Crippen molar-refractivity contribution in [2.75, 3.05) is 20.3 Å². The van der Waals surface area contributed by atoms with E-state index in [0.29, 0.717) is 32.6 Å². The zero-order valence-electron chi connectivity index (χ0n) is 23.9. The topological polar surface area (TPSA) is 125 Å². The molecule has 2 aliphatic rings. The molecule has 1 aromatic carbocycles. The third kappa shape index (κ3) is 9.02. The van der Waals surface area contributed by atoms with Gasteiger partial charge in [-0.25, -0.2) is 0 Å². The molecular weight excluding hydrogens is 639 g/mol. The van der Waals surface area contributed by atoms with Crippen LogP contribution < -0.4 is 14.8 Å². The maximum Gasteiger partial charge on any atom is 0.247 e. The molecule has 0 heterocycles. The number of unbranched alkanes of at least 4 members (excludes halogenated alkanes) is 2. The van der Waals surface area contributed by atoms with Gasteiger partial charge in [-0.3, -0.25) is 14.4 Å². The van der Waals surface area contributed by atoms with Crippen molar-refractivity contribution in [1.29, 1.82) is 0 Å². The number of carbonyl (C=O) groups is 3. The Kier molecular flexibility index (Phi) is 13.6. The van der Waals surface area contributed by atoms with Gasteiger partial charge in [0.25, 0.3) is 0 Å². The number of ether oxygens (including phenoxy) is 2. The summed E-state index contributed by atoms with van der Waals surface area (Å²) < 4.78 is 12.4. The number of aliphatic hydroxyl groups excluding tert-OH is 2. The van der Waals surface area contributed by atoms with E-state index in [-0.39, 0.29) is 37.4 Å². The molecule has 1 aromatic rings. The van der Waals surface area contributed by atoms with Crippen LogP contribution in [0.5, 0.6) is 11.5 Å². The quantitative estimate of drug-likeness (QED) is 0.0878. The van der Waals surface area contributed by atoms with Crippen LogP contribution in [0.2, 0.25) is 0 Å². The minimum Gasteiger partial charge on any atom is -0.493 e. The Balaban J connectivity index is 2.00. The molecule has 226 valence electrons. The van der Waals surface area contributed by atoms with Crippen molar-refractivity contribution in [1.82, 2.24) is 10.2 Å². The van der Waals surface area contributed by atoms with Crippen LogP contribution in [0.3, 0.4) is 0 Å². The van der Waals surface area contributed by atoms with Gasteiger partial charge in [0.15, 0.2) is 11.5 Å². The largest absolute Gasteiger partial charge is 0.493 e. The van der Waals surface area contributed by atoms with E-state index in [4.69, 9.17) is 9.47 Å². The third-order valence-electron chi connectivity index (χ3n) is 7.77. The zero-order chi connectivity index (χ0) is 29.8. The molecule has 9 nitrogen and oxygen atoms in total. The fourth-order valence-corrected chi connectivity index (χ4v) is 6.45. The van der Waals surface area contributed by atoms with E-state index in [1.54, 1.807) is 18.2 Å². The Morgan fingerprint density at radius 1 is 1.20 bits per heavy atom. The molecule has 1 saturated carbocycles. The van der Waals surface area contributed by atoms with Crippen molar-refractivity contribution in [3.63, 3.8) is 0 Å². The van der Waals surface area contributed by atoms with Crippen molar-refractivity contribution in [2.24, 2.45) is 0 Å². The Bertz CT molecular complexity index is 1080. The lowest BCUT2D eigenvalue weighted by Gasteiger charge is -2.44. The first-order valence-corrected chi connectivity index (χ1v) is 15.6. The van der Waals surface area contributed by atoms with E-state index in [1.807, 2.05) is 33.6 Å². The molecular formula is C31H43IN2O7. The van der Waals surface area contributed by atoms with Crippen molar-refractivity contribution in [2.45, 2.75) is 94.9 Å².